The summed E-state index contributed by atoms with van der Waals surface area (Å²) in [5.74, 6) is 2.29. The van der Waals surface area contributed by atoms with E-state index >= 15 is 0 Å². The molecule has 0 spiro atoms. The molecule has 1 fully saturated rings. The Hall–Kier alpha value is -2.11. The molecule has 0 saturated carbocycles. The van der Waals surface area contributed by atoms with Crippen LogP contribution in [0.15, 0.2) is 29.0 Å². The summed E-state index contributed by atoms with van der Waals surface area (Å²) in [6, 6.07) is 3.77. The Morgan fingerprint density at radius 2 is 2.16 bits per heavy atom. The lowest BCUT2D eigenvalue weighted by atomic mass is 10.1. The zero-order valence-electron chi connectivity index (χ0n) is 10.7. The third-order valence-corrected chi connectivity index (χ3v) is 3.23. The maximum Gasteiger partial charge on any atom is 0.245 e. The Labute approximate surface area is 111 Å². The van der Waals surface area contributed by atoms with Gasteiger partial charge >= 0.3 is 0 Å². The maximum atomic E-state index is 5.25. The lowest BCUT2D eigenvalue weighted by molar-refractivity contribution is 0.517. The minimum Gasteiger partial charge on any atom is -0.467 e. The molecular weight excluding hydrogens is 242 g/mol. The number of piperidine rings is 1. The molecule has 1 aliphatic rings. The molecule has 0 atom stereocenters. The van der Waals surface area contributed by atoms with E-state index in [0.29, 0.717) is 12.5 Å². The summed E-state index contributed by atoms with van der Waals surface area (Å²) in [4.78, 5) is 6.76. The molecule has 2 aromatic rings. The molecule has 3 rings (SSSR count). The molecule has 0 amide bonds. The lowest BCUT2D eigenvalue weighted by Crippen LogP contribution is -2.30. The van der Waals surface area contributed by atoms with Crippen molar-refractivity contribution >= 4 is 11.8 Å². The third kappa shape index (κ3) is 3.01. The molecular formula is C13H17N5O. The van der Waals surface area contributed by atoms with Crippen LogP contribution in [0.2, 0.25) is 0 Å². The van der Waals surface area contributed by atoms with E-state index in [1.54, 1.807) is 12.5 Å². The van der Waals surface area contributed by atoms with Gasteiger partial charge in [0, 0.05) is 13.1 Å². The van der Waals surface area contributed by atoms with Crippen molar-refractivity contribution in [3.05, 3.63) is 30.4 Å². The van der Waals surface area contributed by atoms with Gasteiger partial charge in [-0.15, -0.1) is 5.10 Å². The van der Waals surface area contributed by atoms with Gasteiger partial charge in [-0.3, -0.25) is 0 Å². The molecule has 0 bridgehead atoms. The van der Waals surface area contributed by atoms with Gasteiger partial charge < -0.3 is 14.6 Å². The first-order chi connectivity index (χ1) is 9.42. The van der Waals surface area contributed by atoms with Crippen LogP contribution in [0.5, 0.6) is 0 Å². The minimum atomic E-state index is 0.541. The number of nitrogens with zero attached hydrogens (tertiary/aromatic N) is 4. The first-order valence-corrected chi connectivity index (χ1v) is 6.63. The van der Waals surface area contributed by atoms with Crippen LogP contribution < -0.4 is 10.2 Å². The predicted molar refractivity (Wildman–Crippen MR) is 71.9 cm³/mol. The van der Waals surface area contributed by atoms with Crippen LogP contribution >= 0.6 is 0 Å². The number of furan rings is 1. The predicted octanol–water partition coefficient (Wildman–Crippen LogP) is 2.07. The molecule has 2 aromatic heterocycles. The van der Waals surface area contributed by atoms with E-state index in [-0.39, 0.29) is 0 Å². The Morgan fingerprint density at radius 3 is 2.95 bits per heavy atom. The van der Waals surface area contributed by atoms with E-state index in [1.165, 1.54) is 19.3 Å². The first kappa shape index (κ1) is 12.0. The summed E-state index contributed by atoms with van der Waals surface area (Å²) in [7, 11) is 0. The Balaban J connectivity index is 1.65. The molecule has 6 heteroatoms. The fourth-order valence-corrected chi connectivity index (χ4v) is 2.22. The second-order valence-electron chi connectivity index (χ2n) is 4.62. The van der Waals surface area contributed by atoms with E-state index < -0.39 is 0 Å². The summed E-state index contributed by atoms with van der Waals surface area (Å²) in [5, 5.41) is 11.1. The third-order valence-electron chi connectivity index (χ3n) is 3.23. The molecule has 1 N–H and O–H groups in total. The number of aromatic nitrogens is 3. The fourth-order valence-electron chi connectivity index (χ4n) is 2.22. The van der Waals surface area contributed by atoms with Crippen molar-refractivity contribution in [2.75, 3.05) is 23.3 Å². The van der Waals surface area contributed by atoms with E-state index in [4.69, 9.17) is 4.42 Å². The number of anilines is 2. The first-order valence-electron chi connectivity index (χ1n) is 6.63. The van der Waals surface area contributed by atoms with Crippen LogP contribution in [0.25, 0.3) is 0 Å². The quantitative estimate of drug-likeness (QED) is 0.906. The van der Waals surface area contributed by atoms with Gasteiger partial charge in [0.05, 0.1) is 19.0 Å². The van der Waals surface area contributed by atoms with E-state index in [9.17, 15) is 0 Å². The highest BCUT2D eigenvalue weighted by molar-refractivity contribution is 5.40. The molecule has 100 valence electrons. The summed E-state index contributed by atoms with van der Waals surface area (Å²) < 4.78 is 5.25. The fraction of sp³-hybridized carbons (Fsp3) is 0.462. The van der Waals surface area contributed by atoms with E-state index in [1.807, 2.05) is 12.1 Å². The molecule has 0 radical (unpaired) electrons. The monoisotopic (exact) mass is 259 g/mol. The SMILES string of the molecule is c1coc(CNc2nncc(N3CCCCC3)n2)c1. The minimum absolute atomic E-state index is 0.541. The molecule has 6 nitrogen and oxygen atoms in total. The molecule has 0 aliphatic carbocycles. The highest BCUT2D eigenvalue weighted by atomic mass is 16.3. The summed E-state index contributed by atoms with van der Waals surface area (Å²) in [6.45, 7) is 2.67. The van der Waals surface area contributed by atoms with Crippen molar-refractivity contribution in [1.29, 1.82) is 0 Å². The van der Waals surface area contributed by atoms with Crippen LogP contribution in [0.1, 0.15) is 25.0 Å². The average molecular weight is 259 g/mol. The summed E-state index contributed by atoms with van der Waals surface area (Å²) in [5.41, 5.74) is 0. The standard InChI is InChI=1S/C13H17N5O/c1-2-6-18(7-3-1)12-10-15-17-13(16-12)14-9-11-5-4-8-19-11/h4-5,8,10H,1-3,6-7,9H2,(H,14,16,17). The Bertz CT molecular complexity index is 508. The van der Waals surface area contributed by atoms with Gasteiger partial charge in [-0.25, -0.2) is 0 Å². The summed E-state index contributed by atoms with van der Waals surface area (Å²) in [6.07, 6.45) is 7.13. The molecule has 0 aromatic carbocycles. The number of hydrogen-bond acceptors (Lipinski definition) is 6. The molecule has 1 aliphatic heterocycles. The van der Waals surface area contributed by atoms with Gasteiger partial charge in [0.15, 0.2) is 5.82 Å². The smallest absolute Gasteiger partial charge is 0.245 e. The van der Waals surface area contributed by atoms with Gasteiger partial charge in [0.2, 0.25) is 5.95 Å². The molecule has 19 heavy (non-hydrogen) atoms. The normalized spacial score (nSPS) is 15.5. The number of hydrogen-bond donors (Lipinski definition) is 1. The van der Waals surface area contributed by atoms with E-state index in [0.717, 1.165) is 24.7 Å². The van der Waals surface area contributed by atoms with Crippen molar-refractivity contribution in [3.8, 4) is 0 Å². The second kappa shape index (κ2) is 5.69. The van der Waals surface area contributed by atoms with Crippen molar-refractivity contribution in [1.82, 2.24) is 15.2 Å². The van der Waals surface area contributed by atoms with Gasteiger partial charge in [-0.1, -0.05) is 0 Å². The van der Waals surface area contributed by atoms with Crippen LogP contribution in [0.4, 0.5) is 11.8 Å². The van der Waals surface area contributed by atoms with Crippen LogP contribution in [0.3, 0.4) is 0 Å². The van der Waals surface area contributed by atoms with Crippen molar-refractivity contribution < 1.29 is 4.42 Å². The topological polar surface area (TPSA) is 67.1 Å². The largest absolute Gasteiger partial charge is 0.467 e. The van der Waals surface area contributed by atoms with Crippen LogP contribution in [-0.4, -0.2) is 28.3 Å². The Morgan fingerprint density at radius 1 is 1.26 bits per heavy atom. The van der Waals surface area contributed by atoms with Gasteiger partial charge in [-0.2, -0.15) is 10.1 Å². The van der Waals surface area contributed by atoms with E-state index in [2.05, 4.69) is 25.4 Å². The zero-order chi connectivity index (χ0) is 12.9. The zero-order valence-corrected chi connectivity index (χ0v) is 10.7. The second-order valence-corrected chi connectivity index (χ2v) is 4.62. The number of rotatable bonds is 4. The number of nitrogens with one attached hydrogen (secondary N) is 1. The van der Waals surface area contributed by atoms with Crippen LogP contribution in [-0.2, 0) is 6.54 Å². The Kier molecular flexibility index (Phi) is 3.58. The average Bonchev–Trinajstić information content (AvgIpc) is 3.00. The van der Waals surface area contributed by atoms with Gasteiger partial charge in [0.25, 0.3) is 0 Å². The van der Waals surface area contributed by atoms with Gasteiger partial charge in [-0.05, 0) is 31.4 Å². The van der Waals surface area contributed by atoms with Crippen molar-refractivity contribution in [2.24, 2.45) is 0 Å². The summed E-state index contributed by atoms with van der Waals surface area (Å²) >= 11 is 0. The van der Waals surface area contributed by atoms with Crippen molar-refractivity contribution in [2.45, 2.75) is 25.8 Å². The molecule has 0 unspecified atom stereocenters. The molecule has 3 heterocycles. The highest BCUT2D eigenvalue weighted by Crippen LogP contribution is 2.17. The van der Waals surface area contributed by atoms with Crippen LogP contribution in [0, 0.1) is 0 Å². The van der Waals surface area contributed by atoms with Gasteiger partial charge in [0.1, 0.15) is 5.76 Å². The molecule has 1 saturated heterocycles. The maximum absolute atomic E-state index is 5.25. The van der Waals surface area contributed by atoms with Crippen molar-refractivity contribution in [3.63, 3.8) is 0 Å². The lowest BCUT2D eigenvalue weighted by Gasteiger charge is -2.27. The highest BCUT2D eigenvalue weighted by Gasteiger charge is 2.13.